The average molecular weight is 277 g/mol. The van der Waals surface area contributed by atoms with Crippen LogP contribution in [0.3, 0.4) is 0 Å². The average Bonchev–Trinajstić information content (AvgIpc) is 2.77. The molecule has 2 rings (SSSR count). The largest absolute Gasteiger partial charge is 0.493 e. The van der Waals surface area contributed by atoms with Crippen LogP contribution in [-0.4, -0.2) is 19.8 Å². The minimum absolute atomic E-state index is 0.641. The molecule has 1 aliphatic rings. The highest BCUT2D eigenvalue weighted by Gasteiger charge is 2.28. The fraction of sp³-hybridized carbons (Fsp3) is 0.647. The third kappa shape index (κ3) is 3.45. The molecule has 3 nitrogen and oxygen atoms in total. The van der Waals surface area contributed by atoms with Crippen LogP contribution < -0.4 is 14.8 Å². The molecule has 0 amide bonds. The third-order valence-corrected chi connectivity index (χ3v) is 4.56. The molecule has 112 valence electrons. The van der Waals surface area contributed by atoms with Crippen molar-refractivity contribution in [3.63, 3.8) is 0 Å². The molecule has 1 aromatic rings. The molecule has 1 N–H and O–H groups in total. The molecule has 20 heavy (non-hydrogen) atoms. The highest BCUT2D eigenvalue weighted by Crippen LogP contribution is 2.32. The number of hydrogen-bond donors (Lipinski definition) is 1. The van der Waals surface area contributed by atoms with Crippen molar-refractivity contribution >= 4 is 0 Å². The standard InChI is InChI=1S/C17H27NO2/c1-5-20-17-10-14(7-9-16(17)19-4)11-18-15-8-6-12(2)13(15)3/h7,9-10,12-13,15,18H,5-6,8,11H2,1-4H3. The summed E-state index contributed by atoms with van der Waals surface area (Å²) in [5.41, 5.74) is 1.25. The predicted octanol–water partition coefficient (Wildman–Crippen LogP) is 3.62. The number of methoxy groups -OCH3 is 1. The Balaban J connectivity index is 1.97. The van der Waals surface area contributed by atoms with Crippen LogP contribution in [0.1, 0.15) is 39.2 Å². The molecule has 1 saturated carbocycles. The Hall–Kier alpha value is -1.22. The molecule has 1 aromatic carbocycles. The first-order valence-electron chi connectivity index (χ1n) is 7.68. The normalized spacial score (nSPS) is 25.7. The van der Waals surface area contributed by atoms with E-state index in [-0.39, 0.29) is 0 Å². The van der Waals surface area contributed by atoms with Crippen LogP contribution in [-0.2, 0) is 6.54 Å². The Labute approximate surface area is 122 Å². The smallest absolute Gasteiger partial charge is 0.161 e. The number of hydrogen-bond acceptors (Lipinski definition) is 3. The zero-order valence-electron chi connectivity index (χ0n) is 13.1. The molecule has 3 unspecified atom stereocenters. The van der Waals surface area contributed by atoms with Gasteiger partial charge in [0, 0.05) is 12.6 Å². The van der Waals surface area contributed by atoms with E-state index in [9.17, 15) is 0 Å². The van der Waals surface area contributed by atoms with E-state index < -0.39 is 0 Å². The van der Waals surface area contributed by atoms with E-state index in [1.165, 1.54) is 18.4 Å². The molecule has 0 saturated heterocycles. The van der Waals surface area contributed by atoms with Gasteiger partial charge in [0.15, 0.2) is 11.5 Å². The fourth-order valence-electron chi connectivity index (χ4n) is 3.00. The molecule has 0 aromatic heterocycles. The van der Waals surface area contributed by atoms with Crippen LogP contribution in [0.4, 0.5) is 0 Å². The minimum atomic E-state index is 0.641. The summed E-state index contributed by atoms with van der Waals surface area (Å²) < 4.78 is 10.9. The number of nitrogens with one attached hydrogen (secondary N) is 1. The van der Waals surface area contributed by atoms with Crippen LogP contribution in [0.15, 0.2) is 18.2 Å². The fourth-order valence-corrected chi connectivity index (χ4v) is 3.00. The van der Waals surface area contributed by atoms with Crippen LogP contribution in [0, 0.1) is 11.8 Å². The lowest BCUT2D eigenvalue weighted by Gasteiger charge is -2.20. The summed E-state index contributed by atoms with van der Waals surface area (Å²) in [4.78, 5) is 0. The van der Waals surface area contributed by atoms with Gasteiger partial charge in [0.05, 0.1) is 13.7 Å². The second-order valence-electron chi connectivity index (χ2n) is 5.82. The molecule has 0 heterocycles. The maximum absolute atomic E-state index is 5.63. The van der Waals surface area contributed by atoms with Gasteiger partial charge in [0.1, 0.15) is 0 Å². The molecule has 3 atom stereocenters. The van der Waals surface area contributed by atoms with Gasteiger partial charge in [-0.05, 0) is 49.3 Å². The van der Waals surface area contributed by atoms with Crippen molar-refractivity contribution < 1.29 is 9.47 Å². The molecule has 0 radical (unpaired) electrons. The molecule has 1 aliphatic carbocycles. The van der Waals surface area contributed by atoms with E-state index in [4.69, 9.17) is 9.47 Å². The minimum Gasteiger partial charge on any atom is -0.493 e. The maximum Gasteiger partial charge on any atom is 0.161 e. The van der Waals surface area contributed by atoms with Crippen LogP contribution >= 0.6 is 0 Å². The maximum atomic E-state index is 5.63. The summed E-state index contributed by atoms with van der Waals surface area (Å²) >= 11 is 0. The Morgan fingerprint density at radius 1 is 1.20 bits per heavy atom. The van der Waals surface area contributed by atoms with Crippen LogP contribution in [0.5, 0.6) is 11.5 Å². The first kappa shape index (κ1) is 15.2. The highest BCUT2D eigenvalue weighted by molar-refractivity contribution is 5.42. The van der Waals surface area contributed by atoms with Gasteiger partial charge in [-0.2, -0.15) is 0 Å². The summed E-state index contributed by atoms with van der Waals surface area (Å²) in [6, 6.07) is 6.82. The Kier molecular flexibility index (Phi) is 5.30. The Morgan fingerprint density at radius 3 is 2.60 bits per heavy atom. The highest BCUT2D eigenvalue weighted by atomic mass is 16.5. The number of rotatable bonds is 6. The lowest BCUT2D eigenvalue weighted by molar-refractivity contribution is 0.310. The van der Waals surface area contributed by atoms with Gasteiger partial charge in [-0.15, -0.1) is 0 Å². The molecule has 3 heteroatoms. The summed E-state index contributed by atoms with van der Waals surface area (Å²) in [6.45, 7) is 8.25. The molecule has 1 fully saturated rings. The number of benzene rings is 1. The number of ether oxygens (including phenoxy) is 2. The molecular weight excluding hydrogens is 250 g/mol. The van der Waals surface area contributed by atoms with Gasteiger partial charge >= 0.3 is 0 Å². The lowest BCUT2D eigenvalue weighted by Crippen LogP contribution is -2.31. The van der Waals surface area contributed by atoms with E-state index in [0.29, 0.717) is 12.6 Å². The van der Waals surface area contributed by atoms with Gasteiger partial charge in [0.25, 0.3) is 0 Å². The zero-order valence-corrected chi connectivity index (χ0v) is 13.1. The van der Waals surface area contributed by atoms with E-state index in [1.807, 2.05) is 13.0 Å². The third-order valence-electron chi connectivity index (χ3n) is 4.56. The van der Waals surface area contributed by atoms with Gasteiger partial charge in [-0.3, -0.25) is 0 Å². The van der Waals surface area contributed by atoms with Gasteiger partial charge in [-0.25, -0.2) is 0 Å². The summed E-state index contributed by atoms with van der Waals surface area (Å²) in [5.74, 6) is 3.24. The molecule has 0 bridgehead atoms. The summed E-state index contributed by atoms with van der Waals surface area (Å²) in [7, 11) is 1.68. The molecular formula is C17H27NO2. The van der Waals surface area contributed by atoms with Crippen molar-refractivity contribution in [2.45, 2.75) is 46.2 Å². The first-order valence-corrected chi connectivity index (χ1v) is 7.68. The topological polar surface area (TPSA) is 30.5 Å². The van der Waals surface area contributed by atoms with E-state index in [2.05, 4.69) is 31.3 Å². The Bertz CT molecular complexity index is 433. The van der Waals surface area contributed by atoms with Crippen molar-refractivity contribution in [1.82, 2.24) is 5.32 Å². The van der Waals surface area contributed by atoms with Gasteiger partial charge in [0.2, 0.25) is 0 Å². The van der Waals surface area contributed by atoms with E-state index in [1.54, 1.807) is 7.11 Å². The lowest BCUT2D eigenvalue weighted by atomic mass is 9.97. The van der Waals surface area contributed by atoms with Crippen molar-refractivity contribution in [1.29, 1.82) is 0 Å². The van der Waals surface area contributed by atoms with E-state index in [0.717, 1.165) is 29.9 Å². The first-order chi connectivity index (χ1) is 9.65. The van der Waals surface area contributed by atoms with E-state index >= 15 is 0 Å². The van der Waals surface area contributed by atoms with Crippen molar-refractivity contribution in [3.8, 4) is 11.5 Å². The van der Waals surface area contributed by atoms with Gasteiger partial charge < -0.3 is 14.8 Å². The second kappa shape index (κ2) is 6.98. The molecule has 0 spiro atoms. The Morgan fingerprint density at radius 2 is 2.00 bits per heavy atom. The monoisotopic (exact) mass is 277 g/mol. The summed E-state index contributed by atoms with van der Waals surface area (Å²) in [6.07, 6.45) is 2.63. The van der Waals surface area contributed by atoms with Crippen molar-refractivity contribution in [2.75, 3.05) is 13.7 Å². The second-order valence-corrected chi connectivity index (χ2v) is 5.82. The van der Waals surface area contributed by atoms with Crippen molar-refractivity contribution in [3.05, 3.63) is 23.8 Å². The quantitative estimate of drug-likeness (QED) is 0.861. The van der Waals surface area contributed by atoms with Crippen molar-refractivity contribution in [2.24, 2.45) is 11.8 Å². The van der Waals surface area contributed by atoms with Gasteiger partial charge in [-0.1, -0.05) is 19.9 Å². The predicted molar refractivity (Wildman–Crippen MR) is 82.4 cm³/mol. The van der Waals surface area contributed by atoms with Crippen LogP contribution in [0.2, 0.25) is 0 Å². The molecule has 0 aliphatic heterocycles. The van der Waals surface area contributed by atoms with Crippen LogP contribution in [0.25, 0.3) is 0 Å². The zero-order chi connectivity index (χ0) is 14.5. The SMILES string of the molecule is CCOc1cc(CNC2CCC(C)C2C)ccc1OC. The summed E-state index contributed by atoms with van der Waals surface area (Å²) in [5, 5.41) is 3.69.